The Morgan fingerprint density at radius 2 is 0.985 bits per heavy atom. The molecule has 0 aliphatic heterocycles. The Balaban J connectivity index is 1.77. The van der Waals surface area contributed by atoms with Gasteiger partial charge < -0.3 is 61.1 Å². The normalized spacial score (nSPS) is 14.1. The van der Waals surface area contributed by atoms with E-state index in [4.69, 9.17) is 18.9 Å². The molecule has 3 aromatic rings. The Morgan fingerprint density at radius 1 is 0.522 bits per heavy atom. The van der Waals surface area contributed by atoms with Crippen molar-refractivity contribution in [3.05, 3.63) is 108 Å². The first-order valence-corrected chi connectivity index (χ1v) is 21.7. The number of hydrogen-bond donors (Lipinski definition) is 8. The Morgan fingerprint density at radius 3 is 1.49 bits per heavy atom. The molecule has 0 spiro atoms. The maximum absolute atomic E-state index is 14.0. The van der Waals surface area contributed by atoms with Crippen LogP contribution in [0.4, 0.5) is 9.59 Å². The van der Waals surface area contributed by atoms with Crippen LogP contribution in [-0.4, -0.2) is 113 Å². The molecule has 0 aliphatic carbocycles. The van der Waals surface area contributed by atoms with Gasteiger partial charge in [-0.2, -0.15) is 0 Å². The summed E-state index contributed by atoms with van der Waals surface area (Å²) in [6.45, 7) is 8.32. The van der Waals surface area contributed by atoms with Crippen LogP contribution in [0.1, 0.15) is 77.5 Å². The van der Waals surface area contributed by atoms with E-state index < -0.39 is 95.8 Å². The smallest absolute Gasteiger partial charge is 0.408 e. The number of carbonyl (C=O) groups excluding carboxylic acids is 8. The number of benzene rings is 3. The van der Waals surface area contributed by atoms with E-state index in [2.05, 4.69) is 31.9 Å². The minimum Gasteiger partial charge on any atom is -0.459 e. The number of esters is 2. The van der Waals surface area contributed by atoms with Gasteiger partial charge in [0, 0.05) is 6.54 Å². The molecule has 364 valence electrons. The topological polar surface area (TPSA) is 286 Å². The largest absolute Gasteiger partial charge is 0.459 e. The standard InChI is InChI=1S/C47H62N6O14/c1-29(39(56)52-36(31(3)54)41(58)50-30(2)43(60)67-47(4,5)6)49-42(59)37(38(55)44(61)64-26-32-18-10-7-11-19-32)53-40(57)35(51-46(63)66-28-34-22-14-9-15-23-34)24-16-17-25-48-45(62)65-27-33-20-12-8-13-21-33/h7-15,18-23,29-31,35-38,54-55H,16-17,24-28H2,1-6H3,(H,48,62)(H,49,59)(H,50,58)(H,51,63)(H,52,56)(H,53,57)/t29-,30-,31+,35-,36+,37+,38+/m0/s1. The van der Waals surface area contributed by atoms with Gasteiger partial charge in [0.2, 0.25) is 23.6 Å². The summed E-state index contributed by atoms with van der Waals surface area (Å²) >= 11 is 0. The number of carbonyl (C=O) groups is 8. The minimum absolute atomic E-state index is 0.0457. The molecule has 20 heteroatoms. The van der Waals surface area contributed by atoms with Crippen LogP contribution >= 0.6 is 0 Å². The molecule has 6 amide bonds. The monoisotopic (exact) mass is 934 g/mol. The van der Waals surface area contributed by atoms with Crippen LogP contribution in [0.15, 0.2) is 91.0 Å². The van der Waals surface area contributed by atoms with Crippen molar-refractivity contribution in [2.24, 2.45) is 0 Å². The average Bonchev–Trinajstić information content (AvgIpc) is 3.29. The van der Waals surface area contributed by atoms with E-state index in [-0.39, 0.29) is 39.2 Å². The summed E-state index contributed by atoms with van der Waals surface area (Å²) in [5.41, 5.74) is 1.10. The van der Waals surface area contributed by atoms with Gasteiger partial charge >= 0.3 is 24.1 Å². The lowest BCUT2D eigenvalue weighted by Gasteiger charge is -2.28. The predicted octanol–water partition coefficient (Wildman–Crippen LogP) is 2.18. The van der Waals surface area contributed by atoms with Crippen LogP contribution in [0.25, 0.3) is 0 Å². The van der Waals surface area contributed by atoms with E-state index in [1.54, 1.807) is 106 Å². The van der Waals surface area contributed by atoms with Gasteiger partial charge in [0.05, 0.1) is 6.10 Å². The second-order valence-corrected chi connectivity index (χ2v) is 16.5. The highest BCUT2D eigenvalue weighted by Gasteiger charge is 2.38. The molecule has 0 aromatic heterocycles. The van der Waals surface area contributed by atoms with Crippen molar-refractivity contribution in [2.45, 2.75) is 129 Å². The first kappa shape index (κ1) is 54.3. The van der Waals surface area contributed by atoms with Crippen LogP contribution in [0.2, 0.25) is 0 Å². The fourth-order valence-electron chi connectivity index (χ4n) is 5.91. The molecular formula is C47H62N6O14. The number of ether oxygens (including phenoxy) is 4. The third kappa shape index (κ3) is 20.3. The van der Waals surface area contributed by atoms with Gasteiger partial charge in [-0.05, 0) is 77.5 Å². The van der Waals surface area contributed by atoms with Crippen molar-refractivity contribution in [1.29, 1.82) is 0 Å². The summed E-state index contributed by atoms with van der Waals surface area (Å²) in [5, 5.41) is 36.0. The molecule has 8 N–H and O–H groups in total. The van der Waals surface area contributed by atoms with Gasteiger partial charge in [-0.3, -0.25) is 19.2 Å². The Kier molecular flexibility index (Phi) is 22.2. The Labute approximate surface area is 389 Å². The average molecular weight is 935 g/mol. The number of hydrogen-bond acceptors (Lipinski definition) is 14. The van der Waals surface area contributed by atoms with Gasteiger partial charge in [-0.25, -0.2) is 19.2 Å². The molecule has 0 saturated heterocycles. The summed E-state index contributed by atoms with van der Waals surface area (Å²) in [4.78, 5) is 105. The second-order valence-electron chi connectivity index (χ2n) is 16.5. The van der Waals surface area contributed by atoms with Gasteiger partial charge in [-0.1, -0.05) is 91.0 Å². The lowest BCUT2D eigenvalue weighted by Crippen LogP contribution is -2.62. The van der Waals surface area contributed by atoms with Gasteiger partial charge in [0.15, 0.2) is 6.10 Å². The summed E-state index contributed by atoms with van der Waals surface area (Å²) < 4.78 is 21.1. The third-order valence-corrected chi connectivity index (χ3v) is 9.52. The van der Waals surface area contributed by atoms with E-state index in [0.717, 1.165) is 5.56 Å². The molecule has 0 fully saturated rings. The summed E-state index contributed by atoms with van der Waals surface area (Å²) in [6, 6.07) is 18.2. The number of aliphatic hydroxyl groups excluding tert-OH is 2. The summed E-state index contributed by atoms with van der Waals surface area (Å²) in [7, 11) is 0. The highest BCUT2D eigenvalue weighted by Crippen LogP contribution is 2.11. The molecule has 0 radical (unpaired) electrons. The van der Waals surface area contributed by atoms with E-state index in [1.165, 1.54) is 20.8 Å². The first-order chi connectivity index (χ1) is 31.7. The predicted molar refractivity (Wildman–Crippen MR) is 241 cm³/mol. The molecule has 20 nitrogen and oxygen atoms in total. The first-order valence-electron chi connectivity index (χ1n) is 21.7. The van der Waals surface area contributed by atoms with E-state index in [0.29, 0.717) is 17.5 Å². The van der Waals surface area contributed by atoms with Crippen LogP contribution in [-0.2, 0) is 67.5 Å². The fraction of sp³-hybridized carbons (Fsp3) is 0.447. The number of aliphatic hydroxyl groups is 2. The molecule has 0 heterocycles. The van der Waals surface area contributed by atoms with Crippen molar-refractivity contribution >= 4 is 47.8 Å². The summed E-state index contributed by atoms with van der Waals surface area (Å²) in [5.74, 6) is -6.40. The number of amides is 6. The fourth-order valence-corrected chi connectivity index (χ4v) is 5.91. The molecule has 3 rings (SSSR count). The summed E-state index contributed by atoms with van der Waals surface area (Å²) in [6.07, 6.45) is -5.16. The molecule has 3 aromatic carbocycles. The lowest BCUT2D eigenvalue weighted by molar-refractivity contribution is -0.159. The molecule has 0 saturated carbocycles. The molecule has 0 aliphatic rings. The number of unbranched alkanes of at least 4 members (excludes halogenated alkanes) is 1. The molecular weight excluding hydrogens is 873 g/mol. The van der Waals surface area contributed by atoms with E-state index in [1.807, 2.05) is 6.07 Å². The van der Waals surface area contributed by atoms with Crippen molar-refractivity contribution in [2.75, 3.05) is 6.54 Å². The van der Waals surface area contributed by atoms with Gasteiger partial charge in [0.25, 0.3) is 0 Å². The highest BCUT2D eigenvalue weighted by atomic mass is 16.6. The number of nitrogens with one attached hydrogen (secondary N) is 6. The van der Waals surface area contributed by atoms with Crippen molar-refractivity contribution in [3.63, 3.8) is 0 Å². The van der Waals surface area contributed by atoms with Crippen molar-refractivity contribution < 1.29 is 67.5 Å². The zero-order valence-electron chi connectivity index (χ0n) is 38.4. The molecule has 0 unspecified atom stereocenters. The molecule has 67 heavy (non-hydrogen) atoms. The highest BCUT2D eigenvalue weighted by molar-refractivity contribution is 5.98. The zero-order chi connectivity index (χ0) is 49.5. The van der Waals surface area contributed by atoms with Crippen LogP contribution in [0.3, 0.4) is 0 Å². The van der Waals surface area contributed by atoms with Crippen molar-refractivity contribution in [3.8, 4) is 0 Å². The molecule has 0 bridgehead atoms. The Hall–Kier alpha value is -7.06. The van der Waals surface area contributed by atoms with Crippen molar-refractivity contribution in [1.82, 2.24) is 31.9 Å². The molecule has 7 atom stereocenters. The SMILES string of the molecule is C[C@H](NC(=O)[C@H](NC(=O)[C@H](CCCCNC(=O)OCc1ccccc1)NC(=O)OCc1ccccc1)[C@@H](O)C(=O)OCc1ccccc1)C(=O)N[C@@H](C(=O)N[C@@H](C)C(=O)OC(C)(C)C)[C@@H](C)O. The number of rotatable bonds is 24. The maximum atomic E-state index is 14.0. The third-order valence-electron chi connectivity index (χ3n) is 9.52. The van der Waals surface area contributed by atoms with Crippen LogP contribution in [0.5, 0.6) is 0 Å². The quantitative estimate of drug-likeness (QED) is 0.0363. The van der Waals surface area contributed by atoms with Crippen LogP contribution < -0.4 is 31.9 Å². The second kappa shape index (κ2) is 27.4. The van der Waals surface area contributed by atoms with E-state index >= 15 is 0 Å². The lowest BCUT2D eigenvalue weighted by atomic mass is 10.1. The van der Waals surface area contributed by atoms with Crippen LogP contribution in [0, 0.1) is 0 Å². The number of alkyl carbamates (subject to hydrolysis) is 2. The Bertz CT molecular complexity index is 2090. The minimum atomic E-state index is -2.37. The maximum Gasteiger partial charge on any atom is 0.408 e. The van der Waals surface area contributed by atoms with E-state index in [9.17, 15) is 48.6 Å². The van der Waals surface area contributed by atoms with Gasteiger partial charge in [-0.15, -0.1) is 0 Å². The van der Waals surface area contributed by atoms with Gasteiger partial charge in [0.1, 0.15) is 55.6 Å². The zero-order valence-corrected chi connectivity index (χ0v) is 38.4.